The summed E-state index contributed by atoms with van der Waals surface area (Å²) in [5, 5.41) is 14.9. The quantitative estimate of drug-likeness (QED) is 0.485. The van der Waals surface area contributed by atoms with E-state index in [0.717, 1.165) is 12.8 Å². The third-order valence-corrected chi connectivity index (χ3v) is 3.31. The topological polar surface area (TPSA) is 105 Å². The van der Waals surface area contributed by atoms with E-state index in [2.05, 4.69) is 15.5 Å². The third-order valence-electron chi connectivity index (χ3n) is 2.32. The molecule has 1 atom stereocenters. The average molecular weight is 287 g/mol. The molecule has 19 heavy (non-hydrogen) atoms. The highest BCUT2D eigenvalue weighted by Crippen LogP contribution is 2.12. The number of carbonyl (C=O) groups excluding carboxylic acids is 1. The van der Waals surface area contributed by atoms with Crippen LogP contribution in [0.25, 0.3) is 0 Å². The van der Waals surface area contributed by atoms with Crippen LogP contribution in [0.4, 0.5) is 0 Å². The Labute approximate surface area is 115 Å². The fourth-order valence-corrected chi connectivity index (χ4v) is 2.24. The Morgan fingerprint density at radius 2 is 2.42 bits per heavy atom. The molecule has 8 heteroatoms. The molecular weight excluding hydrogens is 270 g/mol. The summed E-state index contributed by atoms with van der Waals surface area (Å²) in [4.78, 5) is 25.2. The van der Waals surface area contributed by atoms with Crippen LogP contribution >= 0.6 is 11.8 Å². The van der Waals surface area contributed by atoms with Crippen molar-refractivity contribution >= 4 is 24.1 Å². The predicted octanol–water partition coefficient (Wildman–Crippen LogP) is 0.845. The SMILES string of the molecule is CCCc1nc(CSCCC(NC=O)C(=O)O)no1. The standard InChI is InChI=1S/C11H17N3O4S/c1-2-3-10-13-9(14-18-10)6-19-5-4-8(11(16)17)12-7-15/h7-8H,2-6H2,1H3,(H,12,15)(H,16,17). The van der Waals surface area contributed by atoms with Crippen molar-refractivity contribution in [1.29, 1.82) is 0 Å². The van der Waals surface area contributed by atoms with Gasteiger partial charge in [0.25, 0.3) is 0 Å². The van der Waals surface area contributed by atoms with E-state index in [1.54, 1.807) is 0 Å². The number of hydrogen-bond donors (Lipinski definition) is 2. The second-order valence-corrected chi connectivity index (χ2v) is 4.98. The molecule has 1 rings (SSSR count). The summed E-state index contributed by atoms with van der Waals surface area (Å²) >= 11 is 1.51. The number of rotatable bonds is 10. The Hall–Kier alpha value is -1.57. The maximum absolute atomic E-state index is 10.8. The van der Waals surface area contributed by atoms with Crippen molar-refractivity contribution in [2.24, 2.45) is 0 Å². The molecule has 0 saturated heterocycles. The van der Waals surface area contributed by atoms with Gasteiger partial charge in [0.05, 0.1) is 5.75 Å². The first-order chi connectivity index (χ1) is 9.17. The fourth-order valence-electron chi connectivity index (χ4n) is 1.39. The highest BCUT2D eigenvalue weighted by Gasteiger charge is 2.15. The Bertz CT molecular complexity index is 410. The van der Waals surface area contributed by atoms with Crippen molar-refractivity contribution in [3.05, 3.63) is 11.7 Å². The molecule has 7 nitrogen and oxygen atoms in total. The number of aliphatic carboxylic acids is 1. The highest BCUT2D eigenvalue weighted by molar-refractivity contribution is 7.98. The van der Waals surface area contributed by atoms with Gasteiger partial charge in [-0.15, -0.1) is 0 Å². The number of thioether (sulfide) groups is 1. The van der Waals surface area contributed by atoms with Gasteiger partial charge >= 0.3 is 5.97 Å². The monoisotopic (exact) mass is 287 g/mol. The van der Waals surface area contributed by atoms with Gasteiger partial charge in [-0.2, -0.15) is 16.7 Å². The Morgan fingerprint density at radius 1 is 1.63 bits per heavy atom. The molecule has 2 N–H and O–H groups in total. The Balaban J connectivity index is 2.25. The molecule has 0 aromatic carbocycles. The molecular formula is C11H17N3O4S. The van der Waals surface area contributed by atoms with Gasteiger partial charge in [-0.05, 0) is 18.6 Å². The van der Waals surface area contributed by atoms with Gasteiger partial charge in [0.15, 0.2) is 5.82 Å². The maximum atomic E-state index is 10.8. The van der Waals surface area contributed by atoms with Crippen LogP contribution in [0, 0.1) is 0 Å². The molecule has 1 aromatic heterocycles. The molecule has 1 amide bonds. The van der Waals surface area contributed by atoms with Crippen molar-refractivity contribution in [2.45, 2.75) is 38.0 Å². The number of hydrogen-bond acceptors (Lipinski definition) is 6. The normalized spacial score (nSPS) is 12.1. The van der Waals surface area contributed by atoms with E-state index in [1.165, 1.54) is 11.8 Å². The van der Waals surface area contributed by atoms with Crippen LogP contribution in [0.5, 0.6) is 0 Å². The number of carbonyl (C=O) groups is 2. The lowest BCUT2D eigenvalue weighted by molar-refractivity contribution is -0.140. The second-order valence-electron chi connectivity index (χ2n) is 3.87. The van der Waals surface area contributed by atoms with Crippen molar-refractivity contribution in [1.82, 2.24) is 15.5 Å². The van der Waals surface area contributed by atoms with Crippen LogP contribution in [-0.4, -0.2) is 39.4 Å². The number of nitrogens with zero attached hydrogens (tertiary/aromatic N) is 2. The van der Waals surface area contributed by atoms with E-state index in [9.17, 15) is 9.59 Å². The molecule has 0 aliphatic rings. The number of amides is 1. The van der Waals surface area contributed by atoms with Crippen LogP contribution in [0.1, 0.15) is 31.5 Å². The third kappa shape index (κ3) is 5.73. The smallest absolute Gasteiger partial charge is 0.326 e. The van der Waals surface area contributed by atoms with Crippen LogP contribution in [0.2, 0.25) is 0 Å². The summed E-state index contributed by atoms with van der Waals surface area (Å²) in [7, 11) is 0. The summed E-state index contributed by atoms with van der Waals surface area (Å²) in [6.45, 7) is 2.03. The van der Waals surface area contributed by atoms with Gasteiger partial charge in [0.1, 0.15) is 6.04 Å². The summed E-state index contributed by atoms with van der Waals surface area (Å²) in [5.74, 6) is 1.38. The summed E-state index contributed by atoms with van der Waals surface area (Å²) in [6, 6.07) is -0.842. The molecule has 1 heterocycles. The zero-order valence-corrected chi connectivity index (χ0v) is 11.5. The highest BCUT2D eigenvalue weighted by atomic mass is 32.2. The van der Waals surface area contributed by atoms with Gasteiger partial charge in [-0.25, -0.2) is 4.79 Å². The van der Waals surface area contributed by atoms with Crippen molar-refractivity contribution in [2.75, 3.05) is 5.75 Å². The minimum atomic E-state index is -1.03. The van der Waals surface area contributed by atoms with E-state index in [-0.39, 0.29) is 0 Å². The number of carboxylic acid groups (broad SMARTS) is 1. The summed E-state index contributed by atoms with van der Waals surface area (Å²) < 4.78 is 5.03. The van der Waals surface area contributed by atoms with E-state index in [4.69, 9.17) is 9.63 Å². The first-order valence-corrected chi connectivity index (χ1v) is 7.14. The van der Waals surface area contributed by atoms with Gasteiger partial charge < -0.3 is 14.9 Å². The molecule has 0 fully saturated rings. The number of carboxylic acids is 1. The van der Waals surface area contributed by atoms with Gasteiger partial charge in [-0.3, -0.25) is 4.79 Å². The van der Waals surface area contributed by atoms with Crippen molar-refractivity contribution in [3.8, 4) is 0 Å². The zero-order valence-electron chi connectivity index (χ0n) is 10.7. The molecule has 0 aliphatic carbocycles. The van der Waals surface area contributed by atoms with E-state index >= 15 is 0 Å². The zero-order chi connectivity index (χ0) is 14.1. The second kappa shape index (κ2) is 8.52. The number of aryl methyl sites for hydroxylation is 1. The first-order valence-electron chi connectivity index (χ1n) is 5.99. The lowest BCUT2D eigenvalue weighted by Crippen LogP contribution is -2.36. The molecule has 0 spiro atoms. The Morgan fingerprint density at radius 3 is 3.05 bits per heavy atom. The minimum Gasteiger partial charge on any atom is -0.480 e. The van der Waals surface area contributed by atoms with Crippen molar-refractivity contribution in [3.63, 3.8) is 0 Å². The molecule has 0 aliphatic heterocycles. The molecule has 106 valence electrons. The van der Waals surface area contributed by atoms with Crippen LogP contribution in [0.3, 0.4) is 0 Å². The lowest BCUT2D eigenvalue weighted by atomic mass is 10.2. The van der Waals surface area contributed by atoms with Crippen LogP contribution in [-0.2, 0) is 21.8 Å². The van der Waals surface area contributed by atoms with Crippen LogP contribution in [0.15, 0.2) is 4.52 Å². The molecule has 1 aromatic rings. The van der Waals surface area contributed by atoms with E-state index in [1.807, 2.05) is 6.92 Å². The van der Waals surface area contributed by atoms with E-state index < -0.39 is 12.0 Å². The van der Waals surface area contributed by atoms with Gasteiger partial charge in [-0.1, -0.05) is 12.1 Å². The molecule has 1 unspecified atom stereocenters. The fraction of sp³-hybridized carbons (Fsp3) is 0.636. The number of nitrogens with one attached hydrogen (secondary N) is 1. The summed E-state index contributed by atoms with van der Waals surface area (Å²) in [5.41, 5.74) is 0. The van der Waals surface area contributed by atoms with Crippen molar-refractivity contribution < 1.29 is 19.2 Å². The average Bonchev–Trinajstić information content (AvgIpc) is 2.81. The van der Waals surface area contributed by atoms with Gasteiger partial charge in [0, 0.05) is 6.42 Å². The van der Waals surface area contributed by atoms with E-state index in [0.29, 0.717) is 36.1 Å². The largest absolute Gasteiger partial charge is 0.480 e. The summed E-state index contributed by atoms with van der Waals surface area (Å²) in [6.07, 6.45) is 2.48. The molecule has 0 bridgehead atoms. The lowest BCUT2D eigenvalue weighted by Gasteiger charge is -2.09. The van der Waals surface area contributed by atoms with Gasteiger partial charge in [0.2, 0.25) is 12.3 Å². The molecule has 0 saturated carbocycles. The molecule has 0 radical (unpaired) electrons. The Kier molecular flexibility index (Phi) is 6.94. The minimum absolute atomic E-state index is 0.360. The predicted molar refractivity (Wildman–Crippen MR) is 69.7 cm³/mol. The van der Waals surface area contributed by atoms with Crippen LogP contribution < -0.4 is 5.32 Å². The first kappa shape index (κ1) is 15.5. The maximum Gasteiger partial charge on any atom is 0.326 e. The number of aromatic nitrogens is 2.